The molecule has 1 rings (SSSR count). The summed E-state index contributed by atoms with van der Waals surface area (Å²) in [6.07, 6.45) is 9.18. The van der Waals surface area contributed by atoms with E-state index >= 15 is 0 Å². The Bertz CT molecular complexity index is 173. The lowest BCUT2D eigenvalue weighted by Crippen LogP contribution is -2.29. The van der Waals surface area contributed by atoms with Crippen molar-refractivity contribution in [3.63, 3.8) is 0 Å². The van der Waals surface area contributed by atoms with Gasteiger partial charge in [0, 0.05) is 18.9 Å². The van der Waals surface area contributed by atoms with Gasteiger partial charge in [-0.1, -0.05) is 39.0 Å². The van der Waals surface area contributed by atoms with Crippen LogP contribution in [-0.4, -0.2) is 21.2 Å². The van der Waals surface area contributed by atoms with Crippen molar-refractivity contribution in [1.82, 2.24) is 9.21 Å². The molecule has 1 aliphatic heterocycles. The highest BCUT2D eigenvalue weighted by molar-refractivity contribution is 7.83. The zero-order valence-electron chi connectivity index (χ0n) is 8.06. The molecule has 0 aromatic rings. The molecular formula is C9H18N2S2. The highest BCUT2D eigenvalue weighted by atomic mass is 32.1. The highest BCUT2D eigenvalue weighted by Crippen LogP contribution is 2.20. The molecule has 76 valence electrons. The minimum atomic E-state index is 0.116. The maximum atomic E-state index is 4.42. The summed E-state index contributed by atoms with van der Waals surface area (Å²) in [7, 11) is 0. The lowest BCUT2D eigenvalue weighted by atomic mass is 10.2. The van der Waals surface area contributed by atoms with Crippen LogP contribution in [0, 0.1) is 0 Å². The largest absolute Gasteiger partial charge is 0.347 e. The van der Waals surface area contributed by atoms with E-state index in [0.29, 0.717) is 0 Å². The zero-order valence-corrected chi connectivity index (χ0v) is 9.85. The Kier molecular flexibility index (Phi) is 4.88. The Morgan fingerprint density at radius 3 is 2.54 bits per heavy atom. The summed E-state index contributed by atoms with van der Waals surface area (Å²) in [5.74, 6) is 0. The molecule has 13 heavy (non-hydrogen) atoms. The first-order valence-electron chi connectivity index (χ1n) is 4.85. The zero-order chi connectivity index (χ0) is 9.68. The van der Waals surface area contributed by atoms with Gasteiger partial charge in [0.05, 0.1) is 0 Å². The summed E-state index contributed by atoms with van der Waals surface area (Å²) in [4.78, 5) is 2.20. The van der Waals surface area contributed by atoms with Crippen molar-refractivity contribution in [2.45, 2.75) is 38.1 Å². The normalized spacial score (nSPS) is 21.6. The second-order valence-electron chi connectivity index (χ2n) is 3.32. The van der Waals surface area contributed by atoms with Crippen LogP contribution in [0.15, 0.2) is 12.4 Å². The Balaban J connectivity index is 2.12. The summed E-state index contributed by atoms with van der Waals surface area (Å²) in [5.41, 5.74) is 0.116. The Morgan fingerprint density at radius 1 is 1.23 bits per heavy atom. The molecule has 0 bridgehead atoms. The van der Waals surface area contributed by atoms with Gasteiger partial charge in [-0.3, -0.25) is 4.31 Å². The minimum Gasteiger partial charge on any atom is -0.347 e. The van der Waals surface area contributed by atoms with Crippen LogP contribution in [0.2, 0.25) is 0 Å². The fourth-order valence-electron chi connectivity index (χ4n) is 1.37. The highest BCUT2D eigenvalue weighted by Gasteiger charge is 2.19. The molecule has 0 saturated carbocycles. The Hall–Kier alpha value is 0.0400. The molecule has 0 fully saturated rings. The van der Waals surface area contributed by atoms with Gasteiger partial charge >= 0.3 is 0 Å². The predicted octanol–water partition coefficient (Wildman–Crippen LogP) is 2.71. The second-order valence-corrected chi connectivity index (χ2v) is 4.25. The molecule has 0 spiro atoms. The third-order valence-corrected chi connectivity index (χ3v) is 3.29. The van der Waals surface area contributed by atoms with Gasteiger partial charge in [0.1, 0.15) is 0 Å². The summed E-state index contributed by atoms with van der Waals surface area (Å²) in [5, 5.41) is 0. The maximum absolute atomic E-state index is 4.42. The Labute approximate surface area is 91.9 Å². The van der Waals surface area contributed by atoms with Gasteiger partial charge < -0.3 is 4.90 Å². The van der Waals surface area contributed by atoms with E-state index in [1.807, 2.05) is 10.5 Å². The Morgan fingerprint density at radius 2 is 2.00 bits per heavy atom. The van der Waals surface area contributed by atoms with Crippen LogP contribution in [0.3, 0.4) is 0 Å². The number of unbranched alkanes of at least 4 members (excludes halogenated alkanes) is 3. The molecule has 0 amide bonds. The summed E-state index contributed by atoms with van der Waals surface area (Å²) in [6, 6.07) is 0. The van der Waals surface area contributed by atoms with E-state index in [1.165, 1.54) is 25.7 Å². The van der Waals surface area contributed by atoms with Crippen molar-refractivity contribution >= 4 is 25.4 Å². The van der Waals surface area contributed by atoms with Gasteiger partial charge in [0.15, 0.2) is 5.50 Å². The van der Waals surface area contributed by atoms with E-state index in [-0.39, 0.29) is 5.50 Å². The molecule has 0 aromatic heterocycles. The fraction of sp³-hybridized carbons (Fsp3) is 0.778. The average Bonchev–Trinajstić information content (AvgIpc) is 2.43. The van der Waals surface area contributed by atoms with Gasteiger partial charge in [-0.15, -0.1) is 12.6 Å². The maximum Gasteiger partial charge on any atom is 0.156 e. The molecule has 0 radical (unpaired) electrons. The third-order valence-electron chi connectivity index (χ3n) is 2.21. The van der Waals surface area contributed by atoms with Crippen LogP contribution in [0.1, 0.15) is 32.6 Å². The molecule has 1 heterocycles. The quantitative estimate of drug-likeness (QED) is 0.541. The molecule has 0 saturated heterocycles. The van der Waals surface area contributed by atoms with Gasteiger partial charge in [0.2, 0.25) is 0 Å². The molecule has 1 atom stereocenters. The van der Waals surface area contributed by atoms with E-state index in [0.717, 1.165) is 6.54 Å². The molecule has 0 aromatic carbocycles. The monoisotopic (exact) mass is 218 g/mol. The first kappa shape index (κ1) is 11.1. The molecular weight excluding hydrogens is 200 g/mol. The first-order valence-corrected chi connectivity index (χ1v) is 5.76. The smallest absolute Gasteiger partial charge is 0.156 e. The number of rotatable bonds is 5. The van der Waals surface area contributed by atoms with Crippen LogP contribution >= 0.6 is 25.4 Å². The number of hydrogen-bond donors (Lipinski definition) is 2. The van der Waals surface area contributed by atoms with Gasteiger partial charge in [-0.25, -0.2) is 0 Å². The van der Waals surface area contributed by atoms with Crippen molar-refractivity contribution in [2.75, 3.05) is 6.54 Å². The van der Waals surface area contributed by atoms with Crippen LogP contribution in [-0.2, 0) is 0 Å². The van der Waals surface area contributed by atoms with Crippen molar-refractivity contribution < 1.29 is 0 Å². The van der Waals surface area contributed by atoms with Crippen molar-refractivity contribution in [1.29, 1.82) is 0 Å². The first-order chi connectivity index (χ1) is 6.25. The van der Waals surface area contributed by atoms with Crippen molar-refractivity contribution in [3.8, 4) is 0 Å². The van der Waals surface area contributed by atoms with Crippen LogP contribution < -0.4 is 0 Å². The van der Waals surface area contributed by atoms with Crippen molar-refractivity contribution in [2.24, 2.45) is 0 Å². The number of nitrogens with zero attached hydrogens (tertiary/aromatic N) is 2. The average molecular weight is 218 g/mol. The number of hydrogen-bond acceptors (Lipinski definition) is 4. The van der Waals surface area contributed by atoms with Gasteiger partial charge in [-0.2, -0.15) is 0 Å². The molecule has 2 nitrogen and oxygen atoms in total. The molecule has 0 aliphatic carbocycles. The second kappa shape index (κ2) is 5.70. The standard InChI is InChI=1S/C9H18N2S2/c1-2-3-4-5-6-10-7-8-11(13)9(10)12/h7-9,12-13H,2-6H2,1H3. The molecule has 1 unspecified atom stereocenters. The fourth-order valence-corrected chi connectivity index (χ4v) is 1.83. The van der Waals surface area contributed by atoms with Gasteiger partial charge in [-0.05, 0) is 6.42 Å². The molecule has 1 aliphatic rings. The van der Waals surface area contributed by atoms with E-state index in [9.17, 15) is 0 Å². The SMILES string of the molecule is CCCCCCN1C=CN(S)C1S. The minimum absolute atomic E-state index is 0.116. The number of thiol groups is 2. The summed E-state index contributed by atoms with van der Waals surface area (Å²) in [6.45, 7) is 3.31. The van der Waals surface area contributed by atoms with Gasteiger partial charge in [0.25, 0.3) is 0 Å². The van der Waals surface area contributed by atoms with E-state index in [1.54, 1.807) is 0 Å². The summed E-state index contributed by atoms with van der Waals surface area (Å²) >= 11 is 8.66. The lowest BCUT2D eigenvalue weighted by Gasteiger charge is -2.24. The molecule has 0 N–H and O–H groups in total. The van der Waals surface area contributed by atoms with Crippen LogP contribution in [0.5, 0.6) is 0 Å². The lowest BCUT2D eigenvalue weighted by molar-refractivity contribution is 0.309. The predicted molar refractivity (Wildman–Crippen MR) is 63.6 cm³/mol. The van der Waals surface area contributed by atoms with E-state index in [4.69, 9.17) is 0 Å². The van der Waals surface area contributed by atoms with Crippen LogP contribution in [0.4, 0.5) is 0 Å². The van der Waals surface area contributed by atoms with Crippen molar-refractivity contribution in [3.05, 3.63) is 12.4 Å². The third kappa shape index (κ3) is 3.35. The molecule has 4 heteroatoms. The van der Waals surface area contributed by atoms with E-state index < -0.39 is 0 Å². The summed E-state index contributed by atoms with van der Waals surface area (Å²) < 4.78 is 1.81. The van der Waals surface area contributed by atoms with Crippen LogP contribution in [0.25, 0.3) is 0 Å². The van der Waals surface area contributed by atoms with E-state index in [2.05, 4.69) is 43.5 Å². The topological polar surface area (TPSA) is 6.48 Å².